The highest BCUT2D eigenvalue weighted by Gasteiger charge is 2.18. The van der Waals surface area contributed by atoms with Crippen molar-refractivity contribution >= 4 is 5.97 Å². The fraction of sp³-hybridized carbons (Fsp3) is 0.857. The summed E-state index contributed by atoms with van der Waals surface area (Å²) in [5, 5.41) is 14.7. The van der Waals surface area contributed by atoms with Crippen LogP contribution in [0.3, 0.4) is 0 Å². The molecular formula is C7H14N2O2. The molecule has 1 aliphatic rings. The van der Waals surface area contributed by atoms with Crippen LogP contribution >= 0.6 is 0 Å². The average Bonchev–Trinajstić information content (AvgIpc) is 2.39. The van der Waals surface area contributed by atoms with E-state index in [-0.39, 0.29) is 6.17 Å². The van der Waals surface area contributed by atoms with Crippen LogP contribution in [-0.2, 0) is 4.79 Å². The van der Waals surface area contributed by atoms with Gasteiger partial charge in [0, 0.05) is 0 Å². The van der Waals surface area contributed by atoms with Crippen molar-refractivity contribution in [3.63, 3.8) is 0 Å². The lowest BCUT2D eigenvalue weighted by atomic mass is 10.3. The van der Waals surface area contributed by atoms with Crippen molar-refractivity contribution in [2.45, 2.75) is 32.0 Å². The van der Waals surface area contributed by atoms with E-state index in [1.54, 1.807) is 6.92 Å². The van der Waals surface area contributed by atoms with E-state index in [0.29, 0.717) is 0 Å². The molecule has 0 aromatic carbocycles. The molecule has 0 saturated carbocycles. The summed E-state index contributed by atoms with van der Waals surface area (Å²) in [6, 6.07) is -0.453. The lowest BCUT2D eigenvalue weighted by Gasteiger charge is -2.15. The predicted octanol–water partition coefficient (Wildman–Crippen LogP) is -0.241. The van der Waals surface area contributed by atoms with Crippen LogP contribution in [0.4, 0.5) is 0 Å². The molecular weight excluding hydrogens is 144 g/mol. The number of carboxylic acids is 1. The highest BCUT2D eigenvalue weighted by Crippen LogP contribution is 2.02. The first kappa shape index (κ1) is 8.49. The Morgan fingerprint density at radius 1 is 1.82 bits per heavy atom. The Bertz CT molecular complexity index is 143. The third kappa shape index (κ3) is 2.48. The molecule has 0 aliphatic carbocycles. The number of hydrogen-bond acceptors (Lipinski definition) is 3. The van der Waals surface area contributed by atoms with Gasteiger partial charge in [-0.15, -0.1) is 0 Å². The SMILES string of the molecule is C[C@H](NC1CCCN1)C(=O)O. The molecule has 64 valence electrons. The second-order valence-corrected chi connectivity index (χ2v) is 2.88. The van der Waals surface area contributed by atoms with Gasteiger partial charge in [0.25, 0.3) is 0 Å². The van der Waals surface area contributed by atoms with Gasteiger partial charge < -0.3 is 10.4 Å². The zero-order valence-electron chi connectivity index (χ0n) is 6.63. The van der Waals surface area contributed by atoms with E-state index in [2.05, 4.69) is 10.6 Å². The second kappa shape index (κ2) is 3.69. The van der Waals surface area contributed by atoms with Crippen molar-refractivity contribution in [3.8, 4) is 0 Å². The van der Waals surface area contributed by atoms with Crippen LogP contribution in [0, 0.1) is 0 Å². The van der Waals surface area contributed by atoms with Crippen LogP contribution in [0.5, 0.6) is 0 Å². The van der Waals surface area contributed by atoms with Crippen LogP contribution in [0.1, 0.15) is 19.8 Å². The fourth-order valence-corrected chi connectivity index (χ4v) is 1.20. The molecule has 0 aromatic heterocycles. The molecule has 0 amide bonds. The van der Waals surface area contributed by atoms with Crippen molar-refractivity contribution in [3.05, 3.63) is 0 Å². The van der Waals surface area contributed by atoms with Gasteiger partial charge in [0.15, 0.2) is 0 Å². The van der Waals surface area contributed by atoms with Crippen LogP contribution in [0.15, 0.2) is 0 Å². The fourth-order valence-electron chi connectivity index (χ4n) is 1.20. The first-order chi connectivity index (χ1) is 5.20. The zero-order chi connectivity index (χ0) is 8.27. The Balaban J connectivity index is 2.23. The first-order valence-corrected chi connectivity index (χ1v) is 3.92. The smallest absolute Gasteiger partial charge is 0.320 e. The molecule has 2 atom stereocenters. The summed E-state index contributed by atoms with van der Waals surface area (Å²) in [7, 11) is 0. The maximum Gasteiger partial charge on any atom is 0.320 e. The van der Waals surface area contributed by atoms with E-state index in [4.69, 9.17) is 5.11 Å². The van der Waals surface area contributed by atoms with Gasteiger partial charge in [0.1, 0.15) is 6.04 Å². The number of hydrogen-bond donors (Lipinski definition) is 3. The molecule has 0 bridgehead atoms. The largest absolute Gasteiger partial charge is 0.480 e. The maximum atomic E-state index is 10.4. The van der Waals surface area contributed by atoms with Crippen molar-refractivity contribution < 1.29 is 9.90 Å². The summed E-state index contributed by atoms with van der Waals surface area (Å²) in [5.74, 6) is -0.793. The minimum Gasteiger partial charge on any atom is -0.480 e. The summed E-state index contributed by atoms with van der Waals surface area (Å²) in [5.41, 5.74) is 0. The molecule has 4 heteroatoms. The quantitative estimate of drug-likeness (QED) is 0.530. The molecule has 1 unspecified atom stereocenters. The molecule has 3 N–H and O–H groups in total. The van der Waals surface area contributed by atoms with Crippen LogP contribution < -0.4 is 10.6 Å². The molecule has 1 fully saturated rings. The lowest BCUT2D eigenvalue weighted by molar-refractivity contribution is -0.139. The normalized spacial score (nSPS) is 26.8. The summed E-state index contributed by atoms with van der Waals surface area (Å²) < 4.78 is 0. The molecule has 0 spiro atoms. The number of nitrogens with one attached hydrogen (secondary N) is 2. The van der Waals surface area contributed by atoms with Crippen LogP contribution in [0.2, 0.25) is 0 Å². The minimum atomic E-state index is -0.793. The van der Waals surface area contributed by atoms with Gasteiger partial charge in [-0.3, -0.25) is 10.1 Å². The molecule has 0 aromatic rings. The molecule has 1 rings (SSSR count). The standard InChI is InChI=1S/C7H14N2O2/c1-5(7(10)11)9-6-3-2-4-8-6/h5-6,8-9H,2-4H2,1H3,(H,10,11)/t5-,6?/m0/s1. The van der Waals surface area contributed by atoms with Crippen molar-refractivity contribution in [1.82, 2.24) is 10.6 Å². The highest BCUT2D eigenvalue weighted by molar-refractivity contribution is 5.72. The molecule has 0 radical (unpaired) electrons. The number of carbonyl (C=O) groups is 1. The average molecular weight is 158 g/mol. The minimum absolute atomic E-state index is 0.195. The second-order valence-electron chi connectivity index (χ2n) is 2.88. The van der Waals surface area contributed by atoms with Crippen molar-refractivity contribution in [2.24, 2.45) is 0 Å². The summed E-state index contributed by atoms with van der Waals surface area (Å²) in [6.45, 7) is 2.65. The Morgan fingerprint density at radius 3 is 3.00 bits per heavy atom. The Kier molecular flexibility index (Phi) is 2.84. The van der Waals surface area contributed by atoms with E-state index in [0.717, 1.165) is 19.4 Å². The van der Waals surface area contributed by atoms with Gasteiger partial charge in [-0.05, 0) is 26.3 Å². The van der Waals surface area contributed by atoms with Gasteiger partial charge in [-0.2, -0.15) is 0 Å². The van der Waals surface area contributed by atoms with E-state index in [9.17, 15) is 4.79 Å². The van der Waals surface area contributed by atoms with Crippen molar-refractivity contribution in [2.75, 3.05) is 6.54 Å². The number of rotatable bonds is 3. The molecule has 1 saturated heterocycles. The van der Waals surface area contributed by atoms with Crippen molar-refractivity contribution in [1.29, 1.82) is 0 Å². The van der Waals surface area contributed by atoms with Gasteiger partial charge in [0.05, 0.1) is 6.17 Å². The van der Waals surface area contributed by atoms with Gasteiger partial charge in [0.2, 0.25) is 0 Å². The third-order valence-corrected chi connectivity index (χ3v) is 1.88. The van der Waals surface area contributed by atoms with E-state index in [1.807, 2.05) is 0 Å². The Morgan fingerprint density at radius 2 is 2.55 bits per heavy atom. The highest BCUT2D eigenvalue weighted by atomic mass is 16.4. The zero-order valence-corrected chi connectivity index (χ0v) is 6.63. The van der Waals surface area contributed by atoms with E-state index >= 15 is 0 Å². The molecule has 11 heavy (non-hydrogen) atoms. The Labute approximate surface area is 66.0 Å². The van der Waals surface area contributed by atoms with E-state index < -0.39 is 12.0 Å². The van der Waals surface area contributed by atoms with Gasteiger partial charge in [-0.1, -0.05) is 0 Å². The third-order valence-electron chi connectivity index (χ3n) is 1.88. The van der Waals surface area contributed by atoms with Gasteiger partial charge >= 0.3 is 5.97 Å². The van der Waals surface area contributed by atoms with Crippen LogP contribution in [-0.4, -0.2) is 29.8 Å². The lowest BCUT2D eigenvalue weighted by Crippen LogP contribution is -2.45. The van der Waals surface area contributed by atoms with Crippen LogP contribution in [0.25, 0.3) is 0 Å². The maximum absolute atomic E-state index is 10.4. The number of carboxylic acid groups (broad SMARTS) is 1. The summed E-state index contributed by atoms with van der Waals surface area (Å²) in [6.07, 6.45) is 2.35. The topological polar surface area (TPSA) is 61.4 Å². The molecule has 1 heterocycles. The molecule has 1 aliphatic heterocycles. The molecule has 4 nitrogen and oxygen atoms in total. The Hall–Kier alpha value is -0.610. The summed E-state index contributed by atoms with van der Waals surface area (Å²) in [4.78, 5) is 10.4. The monoisotopic (exact) mass is 158 g/mol. The van der Waals surface area contributed by atoms with E-state index in [1.165, 1.54) is 0 Å². The predicted molar refractivity (Wildman–Crippen MR) is 41.3 cm³/mol. The van der Waals surface area contributed by atoms with Gasteiger partial charge in [-0.25, -0.2) is 0 Å². The summed E-state index contributed by atoms with van der Waals surface area (Å²) >= 11 is 0. The number of aliphatic carboxylic acids is 1. The first-order valence-electron chi connectivity index (χ1n) is 3.92.